The van der Waals surface area contributed by atoms with Crippen molar-refractivity contribution in [2.24, 2.45) is 0 Å². The molecular formula is C25H30N4O2S. The summed E-state index contributed by atoms with van der Waals surface area (Å²) in [5.41, 5.74) is 3.95. The van der Waals surface area contributed by atoms with E-state index in [0.29, 0.717) is 18.7 Å². The van der Waals surface area contributed by atoms with Gasteiger partial charge in [-0.2, -0.15) is 0 Å². The fourth-order valence-electron chi connectivity index (χ4n) is 3.72. The molecule has 1 saturated heterocycles. The molecule has 6 nitrogen and oxygen atoms in total. The van der Waals surface area contributed by atoms with E-state index in [4.69, 9.17) is 4.74 Å². The van der Waals surface area contributed by atoms with E-state index in [0.717, 1.165) is 54.7 Å². The number of rotatable bonds is 8. The summed E-state index contributed by atoms with van der Waals surface area (Å²) >= 11 is 1.61. The number of carbonyl (C=O) groups excluding carboxylic acids is 1. The second-order valence-electron chi connectivity index (χ2n) is 8.25. The third-order valence-electron chi connectivity index (χ3n) is 5.62. The Morgan fingerprint density at radius 3 is 2.56 bits per heavy atom. The summed E-state index contributed by atoms with van der Waals surface area (Å²) in [6.45, 7) is 8.30. The van der Waals surface area contributed by atoms with E-state index in [1.807, 2.05) is 24.4 Å². The summed E-state index contributed by atoms with van der Waals surface area (Å²) in [4.78, 5) is 21.8. The van der Waals surface area contributed by atoms with Gasteiger partial charge in [0.05, 0.1) is 10.7 Å². The van der Waals surface area contributed by atoms with Crippen molar-refractivity contribution in [2.45, 2.75) is 26.6 Å². The number of ether oxygens (including phenoxy) is 1. The number of benzene rings is 2. The lowest BCUT2D eigenvalue weighted by molar-refractivity contribution is 0.0951. The van der Waals surface area contributed by atoms with Crippen LogP contribution in [-0.2, 0) is 19.7 Å². The van der Waals surface area contributed by atoms with Crippen LogP contribution in [0.2, 0.25) is 0 Å². The topological polar surface area (TPSA) is 57.7 Å². The van der Waals surface area contributed by atoms with E-state index in [-0.39, 0.29) is 5.91 Å². The van der Waals surface area contributed by atoms with Gasteiger partial charge in [-0.3, -0.25) is 9.69 Å². The first-order chi connectivity index (χ1) is 15.5. The maximum Gasteiger partial charge on any atom is 0.251 e. The Hall–Kier alpha value is -2.74. The van der Waals surface area contributed by atoms with E-state index in [2.05, 4.69) is 51.4 Å². The van der Waals surface area contributed by atoms with Gasteiger partial charge in [-0.1, -0.05) is 24.3 Å². The molecule has 0 radical (unpaired) electrons. The lowest BCUT2D eigenvalue weighted by atomic mass is 10.1. The van der Waals surface area contributed by atoms with Crippen molar-refractivity contribution in [1.82, 2.24) is 20.1 Å². The van der Waals surface area contributed by atoms with E-state index < -0.39 is 0 Å². The standard InChI is InChI=1S/C25H30N4O2S/c1-19-27-23(18-32-19)17-31-24-8-6-22(7-9-24)25(30)26-15-20-4-3-5-21(14-20)16-29-12-10-28(2)11-13-29/h3-9,14,18H,10-13,15-17H2,1-2H3,(H,26,30). The summed E-state index contributed by atoms with van der Waals surface area (Å²) in [5.74, 6) is 0.639. The Kier molecular flexibility index (Phi) is 7.52. The molecule has 1 fully saturated rings. The smallest absolute Gasteiger partial charge is 0.251 e. The van der Waals surface area contributed by atoms with Crippen molar-refractivity contribution in [1.29, 1.82) is 0 Å². The lowest BCUT2D eigenvalue weighted by Gasteiger charge is -2.32. The minimum Gasteiger partial charge on any atom is -0.487 e. The van der Waals surface area contributed by atoms with Crippen LogP contribution in [0.15, 0.2) is 53.9 Å². The molecule has 3 aromatic rings. The van der Waals surface area contributed by atoms with Gasteiger partial charge in [-0.25, -0.2) is 4.98 Å². The predicted molar refractivity (Wildman–Crippen MR) is 128 cm³/mol. The highest BCUT2D eigenvalue weighted by atomic mass is 32.1. The number of nitrogens with zero attached hydrogens (tertiary/aromatic N) is 3. The zero-order valence-corrected chi connectivity index (χ0v) is 19.5. The Morgan fingerprint density at radius 2 is 1.84 bits per heavy atom. The molecule has 0 bridgehead atoms. The number of piperazine rings is 1. The SMILES string of the molecule is Cc1nc(COc2ccc(C(=O)NCc3cccc(CN4CCN(C)CC4)c3)cc2)cs1. The van der Waals surface area contributed by atoms with E-state index >= 15 is 0 Å². The molecule has 0 aliphatic carbocycles. The number of hydrogen-bond donors (Lipinski definition) is 1. The Balaban J connectivity index is 1.26. The quantitative estimate of drug-likeness (QED) is 0.567. The Morgan fingerprint density at radius 1 is 1.09 bits per heavy atom. The first-order valence-electron chi connectivity index (χ1n) is 11.0. The van der Waals surface area contributed by atoms with Crippen molar-refractivity contribution < 1.29 is 9.53 Å². The van der Waals surface area contributed by atoms with Crippen molar-refractivity contribution in [3.8, 4) is 5.75 Å². The van der Waals surface area contributed by atoms with E-state index in [1.54, 1.807) is 23.5 Å². The summed E-state index contributed by atoms with van der Waals surface area (Å²) in [5, 5.41) is 6.05. The molecule has 1 amide bonds. The van der Waals surface area contributed by atoms with Crippen LogP contribution < -0.4 is 10.1 Å². The third kappa shape index (κ3) is 6.38. The summed E-state index contributed by atoms with van der Waals surface area (Å²) < 4.78 is 5.76. The Bertz CT molecular complexity index is 1030. The van der Waals surface area contributed by atoms with Crippen LogP contribution in [0.25, 0.3) is 0 Å². The highest BCUT2D eigenvalue weighted by Crippen LogP contribution is 2.16. The molecule has 1 aliphatic heterocycles. The minimum atomic E-state index is -0.0869. The first kappa shape index (κ1) is 22.5. The fraction of sp³-hybridized carbons (Fsp3) is 0.360. The number of aromatic nitrogens is 1. The van der Waals surface area contributed by atoms with Gasteiger partial charge < -0.3 is 15.0 Å². The lowest BCUT2D eigenvalue weighted by Crippen LogP contribution is -2.43. The molecule has 0 atom stereocenters. The highest BCUT2D eigenvalue weighted by Gasteiger charge is 2.14. The van der Waals surface area contributed by atoms with Crippen LogP contribution in [0.5, 0.6) is 5.75 Å². The third-order valence-corrected chi connectivity index (χ3v) is 6.44. The van der Waals surface area contributed by atoms with Crippen LogP contribution in [0.4, 0.5) is 0 Å². The number of likely N-dealkylation sites (N-methyl/N-ethyl adjacent to an activating group) is 1. The second-order valence-corrected chi connectivity index (χ2v) is 9.32. The van der Waals surface area contributed by atoms with Crippen LogP contribution in [0.1, 0.15) is 32.2 Å². The molecule has 7 heteroatoms. The highest BCUT2D eigenvalue weighted by molar-refractivity contribution is 7.09. The predicted octanol–water partition coefficient (Wildman–Crippen LogP) is 3.71. The molecule has 32 heavy (non-hydrogen) atoms. The monoisotopic (exact) mass is 450 g/mol. The largest absolute Gasteiger partial charge is 0.487 e. The van der Waals surface area contributed by atoms with Crippen LogP contribution >= 0.6 is 11.3 Å². The minimum absolute atomic E-state index is 0.0869. The average molecular weight is 451 g/mol. The van der Waals surface area contributed by atoms with E-state index in [9.17, 15) is 4.79 Å². The number of hydrogen-bond acceptors (Lipinski definition) is 6. The van der Waals surface area contributed by atoms with Gasteiger partial charge >= 0.3 is 0 Å². The van der Waals surface area contributed by atoms with Gasteiger partial charge in [0.2, 0.25) is 0 Å². The summed E-state index contributed by atoms with van der Waals surface area (Å²) in [7, 11) is 2.17. The molecule has 0 unspecified atom stereocenters. The van der Waals surface area contributed by atoms with Crippen LogP contribution in [0, 0.1) is 6.92 Å². The number of nitrogens with one attached hydrogen (secondary N) is 1. The fourth-order valence-corrected chi connectivity index (χ4v) is 4.32. The van der Waals surface area contributed by atoms with Gasteiger partial charge in [0.1, 0.15) is 12.4 Å². The summed E-state index contributed by atoms with van der Waals surface area (Å²) in [6.07, 6.45) is 0. The zero-order valence-electron chi connectivity index (χ0n) is 18.7. The zero-order chi connectivity index (χ0) is 22.3. The molecule has 4 rings (SSSR count). The molecule has 1 aromatic heterocycles. The van der Waals surface area contributed by atoms with Crippen LogP contribution in [0.3, 0.4) is 0 Å². The number of aryl methyl sites for hydroxylation is 1. The van der Waals surface area contributed by atoms with Crippen molar-refractivity contribution in [3.05, 3.63) is 81.3 Å². The molecule has 0 saturated carbocycles. The van der Waals surface area contributed by atoms with Crippen LogP contribution in [-0.4, -0.2) is 53.9 Å². The summed E-state index contributed by atoms with van der Waals surface area (Å²) in [6, 6.07) is 15.7. The average Bonchev–Trinajstić information content (AvgIpc) is 3.23. The van der Waals surface area contributed by atoms with Crippen molar-refractivity contribution in [3.63, 3.8) is 0 Å². The first-order valence-corrected chi connectivity index (χ1v) is 11.8. The van der Waals surface area contributed by atoms with E-state index in [1.165, 1.54) is 5.56 Å². The molecule has 0 spiro atoms. The van der Waals surface area contributed by atoms with Gasteiger partial charge in [0.15, 0.2) is 0 Å². The van der Waals surface area contributed by atoms with Gasteiger partial charge in [-0.05, 0) is 49.4 Å². The molecule has 2 aromatic carbocycles. The number of carbonyl (C=O) groups is 1. The maximum atomic E-state index is 12.6. The maximum absolute atomic E-state index is 12.6. The molecule has 1 aliphatic rings. The van der Waals surface area contributed by atoms with Crippen molar-refractivity contribution in [2.75, 3.05) is 33.2 Å². The molecule has 2 heterocycles. The van der Waals surface area contributed by atoms with Gasteiger partial charge in [0, 0.05) is 50.2 Å². The van der Waals surface area contributed by atoms with Gasteiger partial charge in [0.25, 0.3) is 5.91 Å². The molecular weight excluding hydrogens is 420 g/mol. The molecule has 168 valence electrons. The molecule has 1 N–H and O–H groups in total. The van der Waals surface area contributed by atoms with Crippen molar-refractivity contribution >= 4 is 17.2 Å². The second kappa shape index (κ2) is 10.7. The Labute approximate surface area is 193 Å². The number of thiazole rings is 1. The van der Waals surface area contributed by atoms with Gasteiger partial charge in [-0.15, -0.1) is 11.3 Å². The number of amides is 1. The normalized spacial score (nSPS) is 14.9.